The van der Waals surface area contributed by atoms with Gasteiger partial charge in [-0.2, -0.15) is 0 Å². The predicted molar refractivity (Wildman–Crippen MR) is 399 cm³/mol. The van der Waals surface area contributed by atoms with E-state index in [4.69, 9.17) is 90.0 Å². The molecule has 36 N–H and O–H groups in total. The Morgan fingerprint density at radius 2 is 0.598 bits per heavy atom. The van der Waals surface area contributed by atoms with Gasteiger partial charge in [0.25, 0.3) is 11.6 Å². The first-order valence-corrected chi connectivity index (χ1v) is 41.4. The molecule has 10 rings (SSSR count). The van der Waals surface area contributed by atoms with Gasteiger partial charge in [-0.05, 0) is 0 Å². The number of aliphatic carboxylic acids is 2. The van der Waals surface area contributed by atoms with E-state index in [1.807, 2.05) is 0 Å². The molecule has 0 aromatic rings. The third kappa shape index (κ3) is 23.3. The number of hydrogen-bond donors (Lipinski definition) is 36. The van der Waals surface area contributed by atoms with E-state index in [-0.39, 0.29) is 0 Å². The van der Waals surface area contributed by atoms with Crippen molar-refractivity contribution in [1.82, 2.24) is 16.0 Å². The molecular formula is C72H119N3O57. The predicted octanol–water partition coefficient (Wildman–Crippen LogP) is -24.0. The number of aliphatic hydroxyl groups excluding tert-OH is 31. The summed E-state index contributed by atoms with van der Waals surface area (Å²) in [4.78, 5) is 64.9. The van der Waals surface area contributed by atoms with Gasteiger partial charge in [0.05, 0.1) is 78.3 Å². The lowest BCUT2D eigenvalue weighted by Gasteiger charge is -2.51. The Kier molecular flexibility index (Phi) is 38.6. The topological polar surface area (TPSA) is 964 Å². The molecule has 0 saturated carbocycles. The van der Waals surface area contributed by atoms with E-state index in [0.717, 1.165) is 20.8 Å². The van der Waals surface area contributed by atoms with Crippen LogP contribution < -0.4 is 16.0 Å². The molecule has 10 aliphatic heterocycles. The Morgan fingerprint density at radius 3 is 0.955 bits per heavy atom. The van der Waals surface area contributed by atoms with Crippen molar-refractivity contribution < 1.29 is 282 Å². The number of carboxylic acids is 2. The summed E-state index contributed by atoms with van der Waals surface area (Å²) in [6.45, 7) is -9.75. The summed E-state index contributed by atoms with van der Waals surface area (Å²) in [5.41, 5.74) is 0. The SMILES string of the molecule is CC(=O)N[C@H]1[C@H](O[C@@H]2[C@@H](OC[C@H]3O[C@@H](O[C@H]4[C@H](O)[C@@H](NC(C)=O)C(O)O[C@@H]4CO)[C@@H](O)[C@@H](O[C@H]4O[C@H](CO)[C@@H](O)[C@H](O)[C@@H]4O[C@@H]4O[C@H](CO)[C@@H](O[C@@H]5O[C@H](CO)[C@H](O)[C@H](O[C@]6(C(=O)O)C[C@H](O)[C@@H](O)[C@H]([C@H](O)[C@H](O)CO)O6)[C@H]5O)[C@H](O)[C@H]4NC(C)=O)[C@@H]3O)O[C@H](CO)[C@@H](O)[C@@H]2O)O[C@H](CO)[C@@H](O[C@@H]2O[C@H](CO)[C@H](O)[C@H](O[C@]3(C(=O)O)C[C@H](O)[C@@H](O)[C@H]([C@H](O)[C@H](O)CO)O3)[C@H]2O)[C@@H]1O. The minimum absolute atomic E-state index is 0.847. The third-order valence-corrected chi connectivity index (χ3v) is 24.0. The monoisotopic (exact) mass is 1940 g/mol. The molecule has 0 aliphatic carbocycles. The lowest BCUT2D eigenvalue weighted by Crippen LogP contribution is -2.71. The molecule has 10 aliphatic rings. The Labute approximate surface area is 743 Å². The third-order valence-electron chi connectivity index (χ3n) is 24.0. The van der Waals surface area contributed by atoms with Crippen LogP contribution in [0.4, 0.5) is 0 Å². The number of carbonyl (C=O) groups is 5. The number of carboxylic acid groups (broad SMARTS) is 2. The number of aliphatic hydroxyl groups is 31. The van der Waals surface area contributed by atoms with Gasteiger partial charge in [0.1, 0.15) is 244 Å². The van der Waals surface area contributed by atoms with Crippen LogP contribution >= 0.6 is 0 Å². The minimum Gasteiger partial charge on any atom is -0.477 e. The van der Waals surface area contributed by atoms with Gasteiger partial charge < -0.3 is 274 Å². The Balaban J connectivity index is 0.930. The van der Waals surface area contributed by atoms with Crippen molar-refractivity contribution in [3.05, 3.63) is 0 Å². The summed E-state index contributed by atoms with van der Waals surface area (Å²) in [7, 11) is 0. The molecule has 764 valence electrons. The van der Waals surface area contributed by atoms with Gasteiger partial charge >= 0.3 is 11.9 Å². The van der Waals surface area contributed by atoms with Crippen LogP contribution in [0.15, 0.2) is 0 Å². The van der Waals surface area contributed by atoms with Gasteiger partial charge in [-0.1, -0.05) is 0 Å². The highest BCUT2D eigenvalue weighted by molar-refractivity contribution is 5.77. The fourth-order valence-corrected chi connectivity index (χ4v) is 16.9. The first-order valence-electron chi connectivity index (χ1n) is 41.4. The van der Waals surface area contributed by atoms with E-state index in [1.165, 1.54) is 0 Å². The standard InChI is InChI=1S/C72H119N3O57/c1-16(85)73-31-43(101)51(27(12-82)115-61(31)109)123-64-48(106)54(126-68-60(47(105)39(97)24(9-79)119-68)128-63-33(75-18(3)87)45(103)53(29(14-84)121-63)125-66-50(108)58(41(99)26(11-81)117-66)132-72(70(112)113)5-20(89)35(93)56(130-72)37(95)22(91)7-77)42(100)30(122-64)15-114-67-59(46(104)38(96)23(8-78)118-67)127-62-32(74-17(2)86)44(102)52(28(13-83)120-62)124-65-49(107)57(40(98)25(10-80)116-65)131-71(69(110)111)4-19(88)34(92)55(129-71)36(94)21(90)6-76/h19-68,76-84,88-109H,4-15H2,1-3H3,(H,73,85)(H,74,86)(H,75,87)(H,110,111)(H,112,113)/t19-,20-,21+,22+,23+,24+,25+,26+,27+,28+,29+,30+,31+,32+,33+,34+,35+,36+,37+,38+,39+,40-,41-,42+,43+,44+,45+,46-,47-,48-,49+,50+,51+,52+,53+,54-,55+,56+,57-,58-,59-,60-,61?,62-,63-,64-,65-,66-,67-,68+,71-,72-/m0/s1. The second-order valence-corrected chi connectivity index (χ2v) is 33.1. The number of nitrogens with one attached hydrogen (secondary N) is 3. The fraction of sp³-hybridized carbons (Fsp3) is 0.931. The highest BCUT2D eigenvalue weighted by Gasteiger charge is 2.65. The summed E-state index contributed by atoms with van der Waals surface area (Å²) in [6.07, 6.45) is -110. The molecule has 10 heterocycles. The molecule has 132 heavy (non-hydrogen) atoms. The lowest BCUT2D eigenvalue weighted by atomic mass is 9.90. The van der Waals surface area contributed by atoms with E-state index >= 15 is 0 Å². The van der Waals surface area contributed by atoms with Crippen molar-refractivity contribution in [1.29, 1.82) is 0 Å². The highest BCUT2D eigenvalue weighted by atomic mass is 16.8. The fourth-order valence-electron chi connectivity index (χ4n) is 16.9. The van der Waals surface area contributed by atoms with Crippen molar-refractivity contribution in [2.24, 2.45) is 0 Å². The van der Waals surface area contributed by atoms with Crippen molar-refractivity contribution >= 4 is 29.7 Å². The molecule has 0 aromatic carbocycles. The van der Waals surface area contributed by atoms with Crippen LogP contribution in [0.1, 0.15) is 33.6 Å². The molecule has 0 spiro atoms. The number of rotatable bonds is 37. The molecule has 3 amide bonds. The van der Waals surface area contributed by atoms with Gasteiger partial charge in [-0.3, -0.25) is 14.4 Å². The molecule has 60 nitrogen and oxygen atoms in total. The van der Waals surface area contributed by atoms with Gasteiger partial charge in [0, 0.05) is 33.6 Å². The van der Waals surface area contributed by atoms with Crippen molar-refractivity contribution in [3.8, 4) is 0 Å². The summed E-state index contributed by atoms with van der Waals surface area (Å²) >= 11 is 0. The van der Waals surface area contributed by atoms with Crippen molar-refractivity contribution in [3.63, 3.8) is 0 Å². The van der Waals surface area contributed by atoms with Crippen LogP contribution in [-0.4, -0.2) is 582 Å². The molecule has 10 fully saturated rings. The molecule has 1 unspecified atom stereocenters. The van der Waals surface area contributed by atoms with E-state index in [2.05, 4.69) is 16.0 Å². The Hall–Kier alpha value is -4.65. The first-order chi connectivity index (χ1) is 62.2. The highest BCUT2D eigenvalue weighted by Crippen LogP contribution is 2.44. The molecule has 0 bridgehead atoms. The maximum atomic E-state index is 13.2. The number of carbonyl (C=O) groups excluding carboxylic acids is 3. The quantitative estimate of drug-likeness (QED) is 0.0275. The maximum Gasteiger partial charge on any atom is 0.364 e. The lowest BCUT2D eigenvalue weighted by molar-refractivity contribution is -0.401. The van der Waals surface area contributed by atoms with Crippen molar-refractivity contribution in [2.75, 3.05) is 66.1 Å². The summed E-state index contributed by atoms with van der Waals surface area (Å²) in [5.74, 6) is -14.0. The number of hydrogen-bond acceptors (Lipinski definition) is 55. The zero-order chi connectivity index (χ0) is 97.8. The first kappa shape index (κ1) is 109. The maximum absolute atomic E-state index is 13.2. The van der Waals surface area contributed by atoms with Crippen LogP contribution in [-0.2, 0) is 114 Å². The summed E-state index contributed by atoms with van der Waals surface area (Å²) in [5, 5.41) is 372. The van der Waals surface area contributed by atoms with Gasteiger partial charge in [-0.25, -0.2) is 9.59 Å². The molecule has 60 heteroatoms. The second kappa shape index (κ2) is 46.6. The van der Waals surface area contributed by atoms with Crippen LogP contribution in [0.2, 0.25) is 0 Å². The Morgan fingerprint density at radius 1 is 0.311 bits per heavy atom. The molecule has 0 aromatic heterocycles. The summed E-state index contributed by atoms with van der Waals surface area (Å²) < 4.78 is 111. The van der Waals surface area contributed by atoms with Crippen LogP contribution in [0.3, 0.4) is 0 Å². The number of amides is 3. The second-order valence-electron chi connectivity index (χ2n) is 33.1. The summed E-state index contributed by atoms with van der Waals surface area (Å²) in [6, 6.07) is -6.08. The largest absolute Gasteiger partial charge is 0.477 e. The van der Waals surface area contributed by atoms with Crippen LogP contribution in [0.5, 0.6) is 0 Å². The number of ether oxygens (including phenoxy) is 19. The zero-order valence-electron chi connectivity index (χ0n) is 69.9. The van der Waals surface area contributed by atoms with Gasteiger partial charge in [0.2, 0.25) is 17.7 Å². The molecule has 0 radical (unpaired) electrons. The smallest absolute Gasteiger partial charge is 0.364 e. The zero-order valence-corrected chi connectivity index (χ0v) is 69.9. The van der Waals surface area contributed by atoms with Crippen LogP contribution in [0, 0.1) is 0 Å². The average Bonchev–Trinajstić information content (AvgIpc) is 0.737. The normalized spacial score (nSPS) is 47.8. The molecule has 10 saturated heterocycles. The minimum atomic E-state index is -3.33. The van der Waals surface area contributed by atoms with E-state index < -0.39 is 427 Å². The molecular weight excluding hydrogens is 1820 g/mol. The average molecular weight is 1940 g/mol. The van der Waals surface area contributed by atoms with Gasteiger partial charge in [0.15, 0.2) is 50.3 Å². The Bertz CT molecular complexity index is 3660. The van der Waals surface area contributed by atoms with Gasteiger partial charge in [-0.15, -0.1) is 0 Å². The van der Waals surface area contributed by atoms with Crippen LogP contribution in [0.25, 0.3) is 0 Å². The van der Waals surface area contributed by atoms with E-state index in [1.54, 1.807) is 0 Å². The van der Waals surface area contributed by atoms with Crippen molar-refractivity contribution in [2.45, 2.75) is 352 Å². The van der Waals surface area contributed by atoms with E-state index in [0.29, 0.717) is 0 Å². The van der Waals surface area contributed by atoms with E-state index in [9.17, 15) is 192 Å². The molecule has 52 atom stereocenters.